The fraction of sp³-hybridized carbons (Fsp3) is 0.667. The van der Waals surface area contributed by atoms with Crippen LogP contribution in [-0.4, -0.2) is 37.1 Å². The summed E-state index contributed by atoms with van der Waals surface area (Å²) in [5, 5.41) is 3.79. The molecule has 2 fully saturated rings. The summed E-state index contributed by atoms with van der Waals surface area (Å²) < 4.78 is 0. The summed E-state index contributed by atoms with van der Waals surface area (Å²) >= 11 is 0. The molecule has 1 aromatic rings. The van der Waals surface area contributed by atoms with Gasteiger partial charge in [0.2, 0.25) is 0 Å². The molecule has 1 saturated carbocycles. The number of nitrogens with one attached hydrogen (secondary N) is 1. The Hall–Kier alpha value is -0.860. The third kappa shape index (κ3) is 3.24. The van der Waals surface area contributed by atoms with Gasteiger partial charge in [0.1, 0.15) is 0 Å². The Kier molecular flexibility index (Phi) is 4.42. The topological polar surface area (TPSA) is 15.3 Å². The molecule has 3 rings (SSSR count). The maximum Gasteiger partial charge on any atom is 0.0217 e. The van der Waals surface area contributed by atoms with Crippen LogP contribution in [0, 0.1) is 6.92 Å². The molecule has 2 heteroatoms. The first kappa shape index (κ1) is 14.1. The van der Waals surface area contributed by atoms with Crippen molar-refractivity contribution in [3.8, 4) is 0 Å². The van der Waals surface area contributed by atoms with E-state index >= 15 is 0 Å². The van der Waals surface area contributed by atoms with E-state index in [2.05, 4.69) is 48.5 Å². The summed E-state index contributed by atoms with van der Waals surface area (Å²) in [6, 6.07) is 10.6. The van der Waals surface area contributed by atoms with E-state index < -0.39 is 0 Å². The van der Waals surface area contributed by atoms with Crippen molar-refractivity contribution < 1.29 is 0 Å². The molecule has 1 saturated heterocycles. The smallest absolute Gasteiger partial charge is 0.0217 e. The molecule has 2 nitrogen and oxygen atoms in total. The van der Waals surface area contributed by atoms with Crippen LogP contribution in [0.5, 0.6) is 0 Å². The van der Waals surface area contributed by atoms with Crippen molar-refractivity contribution in [3.05, 3.63) is 35.4 Å². The largest absolute Gasteiger partial charge is 0.312 e. The Morgan fingerprint density at radius 3 is 2.60 bits per heavy atom. The molecule has 2 aliphatic rings. The molecule has 1 N–H and O–H groups in total. The normalized spacial score (nSPS) is 31.0. The molecule has 1 aromatic carbocycles. The van der Waals surface area contributed by atoms with Crippen molar-refractivity contribution in [3.63, 3.8) is 0 Å². The number of likely N-dealkylation sites (tertiary alicyclic amines) is 1. The van der Waals surface area contributed by atoms with Crippen LogP contribution >= 0.6 is 0 Å². The van der Waals surface area contributed by atoms with E-state index in [-0.39, 0.29) is 0 Å². The molecule has 1 atom stereocenters. The van der Waals surface area contributed by atoms with E-state index in [1.54, 1.807) is 0 Å². The van der Waals surface area contributed by atoms with Crippen molar-refractivity contribution in [2.45, 2.75) is 57.0 Å². The first-order valence-electron chi connectivity index (χ1n) is 8.22. The van der Waals surface area contributed by atoms with Gasteiger partial charge in [0, 0.05) is 18.6 Å². The third-order valence-electron chi connectivity index (χ3n) is 5.25. The molecule has 1 heterocycles. The average molecular weight is 272 g/mol. The molecule has 1 unspecified atom stereocenters. The molecule has 0 bridgehead atoms. The van der Waals surface area contributed by atoms with Crippen molar-refractivity contribution >= 4 is 0 Å². The van der Waals surface area contributed by atoms with Crippen LogP contribution in [0.4, 0.5) is 0 Å². The second kappa shape index (κ2) is 6.28. The number of piperidine rings is 1. The lowest BCUT2D eigenvalue weighted by Gasteiger charge is -2.39. The zero-order valence-corrected chi connectivity index (χ0v) is 12.9. The van der Waals surface area contributed by atoms with E-state index in [0.717, 1.165) is 18.0 Å². The Morgan fingerprint density at radius 2 is 1.90 bits per heavy atom. The second-order valence-corrected chi connectivity index (χ2v) is 6.81. The minimum Gasteiger partial charge on any atom is -0.312 e. The predicted molar refractivity (Wildman–Crippen MR) is 85.2 cm³/mol. The number of aryl methyl sites for hydroxylation is 1. The van der Waals surface area contributed by atoms with Gasteiger partial charge in [-0.3, -0.25) is 0 Å². The minimum atomic E-state index is 0.747. The summed E-state index contributed by atoms with van der Waals surface area (Å²) in [5.41, 5.74) is 2.89. The van der Waals surface area contributed by atoms with E-state index in [0.29, 0.717) is 0 Å². The standard InChI is InChI=1S/C18H28N2/c1-14-6-8-15(9-7-14)16-11-17(12-16)19-13-18-5-3-4-10-20(18)2/h6-9,16-19H,3-5,10-13H2,1-2H3. The molecular formula is C18H28N2. The number of likely N-dealkylation sites (N-methyl/N-ethyl adjacent to an activating group) is 1. The summed E-state index contributed by atoms with van der Waals surface area (Å²) in [6.07, 6.45) is 6.80. The lowest BCUT2D eigenvalue weighted by Crippen LogP contribution is -2.48. The quantitative estimate of drug-likeness (QED) is 0.904. The lowest BCUT2D eigenvalue weighted by molar-refractivity contribution is 0.166. The van der Waals surface area contributed by atoms with Crippen LogP contribution in [0.1, 0.15) is 49.1 Å². The minimum absolute atomic E-state index is 0.747. The predicted octanol–water partition coefficient (Wildman–Crippen LogP) is 3.31. The van der Waals surface area contributed by atoms with Crippen LogP contribution in [-0.2, 0) is 0 Å². The zero-order chi connectivity index (χ0) is 13.9. The van der Waals surface area contributed by atoms with Crippen molar-refractivity contribution in [2.24, 2.45) is 0 Å². The summed E-state index contributed by atoms with van der Waals surface area (Å²) in [4.78, 5) is 2.53. The maximum atomic E-state index is 3.79. The average Bonchev–Trinajstić information content (AvgIpc) is 2.41. The van der Waals surface area contributed by atoms with Gasteiger partial charge in [0.15, 0.2) is 0 Å². The van der Waals surface area contributed by atoms with Crippen molar-refractivity contribution in [1.82, 2.24) is 10.2 Å². The molecule has 1 aliphatic carbocycles. The Balaban J connectivity index is 1.41. The SMILES string of the molecule is Cc1ccc(C2CC(NCC3CCCCN3C)C2)cc1. The highest BCUT2D eigenvalue weighted by Crippen LogP contribution is 2.36. The molecule has 110 valence electrons. The van der Waals surface area contributed by atoms with E-state index in [1.807, 2.05) is 0 Å². The van der Waals surface area contributed by atoms with E-state index in [9.17, 15) is 0 Å². The molecule has 0 amide bonds. The first-order chi connectivity index (χ1) is 9.72. The van der Waals surface area contributed by atoms with E-state index in [1.165, 1.54) is 56.3 Å². The van der Waals surface area contributed by atoms with Crippen LogP contribution in [0.2, 0.25) is 0 Å². The van der Waals surface area contributed by atoms with Gasteiger partial charge in [-0.25, -0.2) is 0 Å². The number of benzene rings is 1. The van der Waals surface area contributed by atoms with Gasteiger partial charge in [-0.15, -0.1) is 0 Å². The third-order valence-corrected chi connectivity index (χ3v) is 5.25. The second-order valence-electron chi connectivity index (χ2n) is 6.81. The highest BCUT2D eigenvalue weighted by Gasteiger charge is 2.30. The molecule has 0 aromatic heterocycles. The Morgan fingerprint density at radius 1 is 1.15 bits per heavy atom. The zero-order valence-electron chi connectivity index (χ0n) is 12.9. The fourth-order valence-corrected chi connectivity index (χ4v) is 3.60. The number of rotatable bonds is 4. The van der Waals surface area contributed by atoms with Crippen LogP contribution in [0.3, 0.4) is 0 Å². The van der Waals surface area contributed by atoms with Gasteiger partial charge in [-0.2, -0.15) is 0 Å². The Bertz CT molecular complexity index is 420. The molecule has 0 spiro atoms. The molecule has 20 heavy (non-hydrogen) atoms. The van der Waals surface area contributed by atoms with Crippen molar-refractivity contribution in [1.29, 1.82) is 0 Å². The lowest BCUT2D eigenvalue weighted by atomic mass is 9.75. The summed E-state index contributed by atoms with van der Waals surface area (Å²) in [7, 11) is 2.28. The monoisotopic (exact) mass is 272 g/mol. The van der Waals surface area contributed by atoms with E-state index in [4.69, 9.17) is 0 Å². The Labute approximate surface area is 123 Å². The summed E-state index contributed by atoms with van der Waals surface area (Å²) in [5.74, 6) is 0.789. The number of nitrogens with zero attached hydrogens (tertiary/aromatic N) is 1. The van der Waals surface area contributed by atoms with Gasteiger partial charge in [0.25, 0.3) is 0 Å². The van der Waals surface area contributed by atoms with Gasteiger partial charge < -0.3 is 10.2 Å². The van der Waals surface area contributed by atoms with Gasteiger partial charge >= 0.3 is 0 Å². The highest BCUT2D eigenvalue weighted by atomic mass is 15.2. The van der Waals surface area contributed by atoms with Crippen LogP contribution in [0.25, 0.3) is 0 Å². The highest BCUT2D eigenvalue weighted by molar-refractivity contribution is 5.26. The van der Waals surface area contributed by atoms with Crippen molar-refractivity contribution in [2.75, 3.05) is 20.1 Å². The first-order valence-corrected chi connectivity index (χ1v) is 8.22. The number of hydrogen-bond donors (Lipinski definition) is 1. The van der Waals surface area contributed by atoms with Gasteiger partial charge in [-0.1, -0.05) is 36.2 Å². The van der Waals surface area contributed by atoms with Crippen LogP contribution < -0.4 is 5.32 Å². The van der Waals surface area contributed by atoms with Crippen LogP contribution in [0.15, 0.2) is 24.3 Å². The van der Waals surface area contributed by atoms with Gasteiger partial charge in [0.05, 0.1) is 0 Å². The molecule has 0 radical (unpaired) electrons. The summed E-state index contributed by atoms with van der Waals surface area (Å²) in [6.45, 7) is 4.63. The molecule has 1 aliphatic heterocycles. The van der Waals surface area contributed by atoms with Gasteiger partial charge in [-0.05, 0) is 57.7 Å². The maximum absolute atomic E-state index is 3.79. The number of hydrogen-bond acceptors (Lipinski definition) is 2. The molecular weight excluding hydrogens is 244 g/mol. The fourth-order valence-electron chi connectivity index (χ4n) is 3.60.